The molecule has 2 N–H and O–H groups in total. The number of aromatic nitrogens is 2. The Kier molecular flexibility index (Phi) is 4.44. The van der Waals surface area contributed by atoms with Gasteiger partial charge in [-0.1, -0.05) is 0 Å². The van der Waals surface area contributed by atoms with Crippen molar-refractivity contribution in [2.75, 3.05) is 7.11 Å². The van der Waals surface area contributed by atoms with Crippen LogP contribution in [0.2, 0.25) is 0 Å². The van der Waals surface area contributed by atoms with Gasteiger partial charge in [-0.2, -0.15) is 5.10 Å². The summed E-state index contributed by atoms with van der Waals surface area (Å²) in [6.45, 7) is 0. The van der Waals surface area contributed by atoms with Gasteiger partial charge in [0, 0.05) is 5.56 Å². The normalized spacial score (nSPS) is 11.5. The first-order valence-corrected chi connectivity index (χ1v) is 9.25. The minimum atomic E-state index is -3.72. The second kappa shape index (κ2) is 6.39. The molecule has 0 aliphatic heterocycles. The molecule has 1 heterocycles. The molecular formula is C16H14BrN3O3S. The van der Waals surface area contributed by atoms with Crippen LogP contribution in [0, 0.1) is 0 Å². The fourth-order valence-corrected chi connectivity index (χ4v) is 3.31. The van der Waals surface area contributed by atoms with Crippen LogP contribution in [0.4, 0.5) is 0 Å². The van der Waals surface area contributed by atoms with Crippen molar-refractivity contribution in [3.8, 4) is 22.7 Å². The van der Waals surface area contributed by atoms with E-state index >= 15 is 0 Å². The second-order valence-corrected chi connectivity index (χ2v) is 7.44. The predicted molar refractivity (Wildman–Crippen MR) is 94.6 cm³/mol. The molecule has 1 aromatic heterocycles. The van der Waals surface area contributed by atoms with Gasteiger partial charge in [0.05, 0.1) is 34.1 Å². The average molecular weight is 408 g/mol. The quantitative estimate of drug-likeness (QED) is 0.719. The monoisotopic (exact) mass is 407 g/mol. The smallest absolute Gasteiger partial charge is 0.238 e. The predicted octanol–water partition coefficient (Wildman–Crippen LogP) is 2.96. The van der Waals surface area contributed by atoms with Crippen molar-refractivity contribution in [2.24, 2.45) is 5.14 Å². The lowest BCUT2D eigenvalue weighted by atomic mass is 10.1. The summed E-state index contributed by atoms with van der Waals surface area (Å²) >= 11 is 3.50. The zero-order valence-electron chi connectivity index (χ0n) is 12.7. The lowest BCUT2D eigenvalue weighted by Crippen LogP contribution is -2.12. The molecule has 0 amide bonds. The summed E-state index contributed by atoms with van der Waals surface area (Å²) in [6.07, 6.45) is 1.69. The van der Waals surface area contributed by atoms with Crippen LogP contribution in [0.15, 0.2) is 64.1 Å². The Morgan fingerprint density at radius 3 is 2.25 bits per heavy atom. The fraction of sp³-hybridized carbons (Fsp3) is 0.0625. The third-order valence-electron chi connectivity index (χ3n) is 3.50. The number of sulfonamides is 1. The number of rotatable bonds is 4. The number of hydrogen-bond acceptors (Lipinski definition) is 4. The first-order valence-electron chi connectivity index (χ1n) is 6.91. The van der Waals surface area contributed by atoms with E-state index in [1.807, 2.05) is 24.3 Å². The zero-order chi connectivity index (χ0) is 17.3. The highest BCUT2D eigenvalue weighted by Crippen LogP contribution is 2.31. The Morgan fingerprint density at radius 1 is 1.08 bits per heavy atom. The van der Waals surface area contributed by atoms with Crippen molar-refractivity contribution >= 4 is 26.0 Å². The van der Waals surface area contributed by atoms with Crippen molar-refractivity contribution in [3.63, 3.8) is 0 Å². The molecule has 3 rings (SSSR count). The van der Waals surface area contributed by atoms with Crippen LogP contribution in [0.3, 0.4) is 0 Å². The molecule has 3 aromatic rings. The zero-order valence-corrected chi connectivity index (χ0v) is 15.1. The Bertz CT molecular complexity index is 965. The summed E-state index contributed by atoms with van der Waals surface area (Å²) in [5.41, 5.74) is 2.51. The number of halogens is 1. The molecular weight excluding hydrogens is 394 g/mol. The molecule has 0 radical (unpaired) electrons. The van der Waals surface area contributed by atoms with Crippen molar-refractivity contribution in [1.82, 2.24) is 9.78 Å². The Hall–Kier alpha value is -2.16. The topological polar surface area (TPSA) is 87.2 Å². The van der Waals surface area contributed by atoms with E-state index < -0.39 is 10.0 Å². The van der Waals surface area contributed by atoms with Crippen LogP contribution in [0.5, 0.6) is 5.75 Å². The van der Waals surface area contributed by atoms with Crippen molar-refractivity contribution in [3.05, 3.63) is 59.2 Å². The van der Waals surface area contributed by atoms with Crippen LogP contribution in [-0.2, 0) is 10.0 Å². The van der Waals surface area contributed by atoms with E-state index in [1.165, 1.54) is 12.1 Å². The standard InChI is InChI=1S/C16H14BrN3O3S/c1-23-13-6-2-11(3-7-13)16-15(17)10-19-20(16)12-4-8-14(9-5-12)24(18,21)22/h2-10H,1H3,(H2,18,21,22). The molecule has 0 atom stereocenters. The summed E-state index contributed by atoms with van der Waals surface area (Å²) in [5, 5.41) is 9.48. The lowest BCUT2D eigenvalue weighted by molar-refractivity contribution is 0.415. The molecule has 0 spiro atoms. The van der Waals surface area contributed by atoms with Crippen LogP contribution in [0.1, 0.15) is 0 Å². The largest absolute Gasteiger partial charge is 0.497 e. The highest BCUT2D eigenvalue weighted by molar-refractivity contribution is 9.10. The molecule has 0 bridgehead atoms. The number of benzene rings is 2. The highest BCUT2D eigenvalue weighted by atomic mass is 79.9. The SMILES string of the molecule is COc1ccc(-c2c(Br)cnn2-c2ccc(S(N)(=O)=O)cc2)cc1. The van der Waals surface area contributed by atoms with Gasteiger partial charge in [-0.05, 0) is 64.5 Å². The number of nitrogens with two attached hydrogens (primary N) is 1. The molecule has 8 heteroatoms. The van der Waals surface area contributed by atoms with E-state index in [-0.39, 0.29) is 4.90 Å². The molecule has 0 unspecified atom stereocenters. The third kappa shape index (κ3) is 3.21. The van der Waals surface area contributed by atoms with E-state index in [1.54, 1.807) is 30.1 Å². The molecule has 2 aromatic carbocycles. The second-order valence-electron chi connectivity index (χ2n) is 5.02. The molecule has 0 saturated heterocycles. The van der Waals surface area contributed by atoms with Gasteiger partial charge < -0.3 is 4.74 Å². The van der Waals surface area contributed by atoms with E-state index in [4.69, 9.17) is 9.88 Å². The molecule has 24 heavy (non-hydrogen) atoms. The number of methoxy groups -OCH3 is 1. The van der Waals surface area contributed by atoms with Crippen LogP contribution >= 0.6 is 15.9 Å². The van der Waals surface area contributed by atoms with Gasteiger partial charge in [-0.25, -0.2) is 18.2 Å². The number of ether oxygens (including phenoxy) is 1. The Labute approximate surface area is 148 Å². The Balaban J connectivity index is 2.06. The summed E-state index contributed by atoms with van der Waals surface area (Å²) in [5.74, 6) is 0.762. The lowest BCUT2D eigenvalue weighted by Gasteiger charge is -2.10. The van der Waals surface area contributed by atoms with Crippen molar-refractivity contribution in [2.45, 2.75) is 4.90 Å². The number of nitrogens with zero attached hydrogens (tertiary/aromatic N) is 2. The first-order chi connectivity index (χ1) is 11.4. The molecule has 0 saturated carbocycles. The average Bonchev–Trinajstić information content (AvgIpc) is 2.96. The maximum absolute atomic E-state index is 11.4. The number of hydrogen-bond donors (Lipinski definition) is 1. The molecule has 0 aliphatic carbocycles. The van der Waals surface area contributed by atoms with Gasteiger partial charge in [-0.15, -0.1) is 0 Å². The summed E-state index contributed by atoms with van der Waals surface area (Å²) in [4.78, 5) is 0.0588. The van der Waals surface area contributed by atoms with E-state index in [9.17, 15) is 8.42 Å². The van der Waals surface area contributed by atoms with Gasteiger partial charge in [0.25, 0.3) is 0 Å². The van der Waals surface area contributed by atoms with Gasteiger partial charge >= 0.3 is 0 Å². The van der Waals surface area contributed by atoms with Gasteiger partial charge in [0.15, 0.2) is 0 Å². The van der Waals surface area contributed by atoms with E-state index in [0.717, 1.165) is 27.2 Å². The molecule has 0 fully saturated rings. The maximum atomic E-state index is 11.4. The van der Waals surface area contributed by atoms with Gasteiger partial charge in [-0.3, -0.25) is 0 Å². The summed E-state index contributed by atoms with van der Waals surface area (Å²) in [6, 6.07) is 13.8. The molecule has 6 nitrogen and oxygen atoms in total. The highest BCUT2D eigenvalue weighted by Gasteiger charge is 2.14. The van der Waals surface area contributed by atoms with Crippen LogP contribution in [0.25, 0.3) is 16.9 Å². The first kappa shape index (κ1) is 16.7. The third-order valence-corrected chi connectivity index (χ3v) is 5.01. The van der Waals surface area contributed by atoms with Gasteiger partial charge in [0.2, 0.25) is 10.0 Å². The summed E-state index contributed by atoms with van der Waals surface area (Å²) in [7, 11) is -2.11. The van der Waals surface area contributed by atoms with Crippen molar-refractivity contribution in [1.29, 1.82) is 0 Å². The Morgan fingerprint density at radius 2 is 1.71 bits per heavy atom. The van der Waals surface area contributed by atoms with E-state index in [2.05, 4.69) is 21.0 Å². The van der Waals surface area contributed by atoms with Gasteiger partial charge in [0.1, 0.15) is 5.75 Å². The maximum Gasteiger partial charge on any atom is 0.238 e. The summed E-state index contributed by atoms with van der Waals surface area (Å²) < 4.78 is 30.5. The van der Waals surface area contributed by atoms with Crippen molar-refractivity contribution < 1.29 is 13.2 Å². The van der Waals surface area contributed by atoms with Crippen LogP contribution < -0.4 is 9.88 Å². The fourth-order valence-electron chi connectivity index (χ4n) is 2.31. The number of primary sulfonamides is 1. The van der Waals surface area contributed by atoms with Crippen LogP contribution in [-0.4, -0.2) is 25.3 Å². The minimum Gasteiger partial charge on any atom is -0.497 e. The molecule has 124 valence electrons. The minimum absolute atomic E-state index is 0.0588. The van der Waals surface area contributed by atoms with E-state index in [0.29, 0.717) is 0 Å². The molecule has 0 aliphatic rings.